The second-order valence-corrected chi connectivity index (χ2v) is 13.8. The molecule has 3 heteroatoms. The summed E-state index contributed by atoms with van der Waals surface area (Å²) in [5.41, 5.74) is 0. The number of ether oxygens (including phenoxy) is 1. The van der Waals surface area contributed by atoms with Crippen LogP contribution in [0.25, 0.3) is 0 Å². The second kappa shape index (κ2) is 31.6. The van der Waals surface area contributed by atoms with E-state index in [9.17, 15) is 9.59 Å². The van der Waals surface area contributed by atoms with Crippen LogP contribution in [0, 0.1) is 5.92 Å². The van der Waals surface area contributed by atoms with E-state index >= 15 is 0 Å². The first-order valence-corrected chi connectivity index (χ1v) is 19.5. The molecule has 42 heavy (non-hydrogen) atoms. The maximum absolute atomic E-state index is 12.3. The van der Waals surface area contributed by atoms with E-state index in [0.717, 1.165) is 44.9 Å². The van der Waals surface area contributed by atoms with Crippen LogP contribution in [0.3, 0.4) is 0 Å². The lowest BCUT2D eigenvalue weighted by atomic mass is 9.93. The third-order valence-electron chi connectivity index (χ3n) is 9.64. The van der Waals surface area contributed by atoms with E-state index in [1.807, 2.05) is 0 Å². The van der Waals surface area contributed by atoms with Gasteiger partial charge in [0.05, 0.1) is 5.92 Å². The summed E-state index contributed by atoms with van der Waals surface area (Å²) in [6.45, 7) is 2.30. The number of esters is 2. The van der Waals surface area contributed by atoms with Gasteiger partial charge in [-0.25, -0.2) is 0 Å². The molecular weight excluding hydrogens is 516 g/mol. The van der Waals surface area contributed by atoms with Gasteiger partial charge in [-0.3, -0.25) is 9.59 Å². The zero-order valence-electron chi connectivity index (χ0n) is 28.6. The summed E-state index contributed by atoms with van der Waals surface area (Å²) < 4.78 is 5.07. The van der Waals surface area contributed by atoms with E-state index in [0.29, 0.717) is 6.42 Å². The Hall–Kier alpha value is -0.860. The van der Waals surface area contributed by atoms with Crippen molar-refractivity contribution in [3.63, 3.8) is 0 Å². The predicted molar refractivity (Wildman–Crippen MR) is 182 cm³/mol. The van der Waals surface area contributed by atoms with Crippen LogP contribution in [0.1, 0.15) is 232 Å². The fourth-order valence-corrected chi connectivity index (χ4v) is 6.70. The van der Waals surface area contributed by atoms with Crippen molar-refractivity contribution in [3.05, 3.63) is 0 Å². The Labute approximate surface area is 263 Å². The molecule has 0 bridgehead atoms. The van der Waals surface area contributed by atoms with Gasteiger partial charge in [0.2, 0.25) is 0 Å². The molecule has 1 unspecified atom stereocenters. The summed E-state index contributed by atoms with van der Waals surface area (Å²) >= 11 is 0. The molecule has 1 heterocycles. The fourth-order valence-electron chi connectivity index (χ4n) is 6.70. The monoisotopic (exact) mass is 591 g/mol. The summed E-state index contributed by atoms with van der Waals surface area (Å²) in [4.78, 5) is 24.0. The van der Waals surface area contributed by atoms with Crippen LogP contribution in [-0.4, -0.2) is 11.9 Å². The minimum atomic E-state index is -0.317. The normalized spacial score (nSPS) is 16.5. The van der Waals surface area contributed by atoms with Gasteiger partial charge in [-0.2, -0.15) is 0 Å². The van der Waals surface area contributed by atoms with Gasteiger partial charge in [0, 0.05) is 6.42 Å². The molecule has 1 fully saturated rings. The highest BCUT2D eigenvalue weighted by Crippen LogP contribution is 2.22. The van der Waals surface area contributed by atoms with Gasteiger partial charge < -0.3 is 4.74 Å². The number of carbonyl (C=O) groups excluding carboxylic acids is 2. The van der Waals surface area contributed by atoms with E-state index in [1.54, 1.807) is 0 Å². The molecule has 0 aromatic rings. The number of cyclic esters (lactones) is 2. The van der Waals surface area contributed by atoms with Gasteiger partial charge in [-0.1, -0.05) is 206 Å². The fraction of sp³-hybridized carbons (Fsp3) is 0.949. The van der Waals surface area contributed by atoms with Crippen LogP contribution in [0.5, 0.6) is 0 Å². The van der Waals surface area contributed by atoms with Crippen molar-refractivity contribution >= 4 is 11.9 Å². The Bertz CT molecular complexity index is 586. The molecule has 1 aliphatic rings. The zero-order valence-corrected chi connectivity index (χ0v) is 28.6. The van der Waals surface area contributed by atoms with E-state index < -0.39 is 0 Å². The molecular formula is C39H74O3. The summed E-state index contributed by atoms with van der Waals surface area (Å²) in [6.07, 6.45) is 45.9. The number of hydrogen-bond donors (Lipinski definition) is 0. The Morgan fingerprint density at radius 3 is 1.17 bits per heavy atom. The highest BCUT2D eigenvalue weighted by molar-refractivity contribution is 5.86. The minimum Gasteiger partial charge on any atom is -0.393 e. The van der Waals surface area contributed by atoms with Crippen molar-refractivity contribution in [2.45, 2.75) is 232 Å². The van der Waals surface area contributed by atoms with Crippen LogP contribution in [-0.2, 0) is 14.3 Å². The predicted octanol–water partition coefficient (Wildman–Crippen LogP) is 13.4. The first-order valence-electron chi connectivity index (χ1n) is 19.5. The quantitative estimate of drug-likeness (QED) is 0.0494. The van der Waals surface area contributed by atoms with Crippen LogP contribution < -0.4 is 0 Å². The van der Waals surface area contributed by atoms with Crippen molar-refractivity contribution in [3.8, 4) is 0 Å². The zero-order chi connectivity index (χ0) is 30.2. The van der Waals surface area contributed by atoms with Crippen LogP contribution in [0.2, 0.25) is 0 Å². The lowest BCUT2D eigenvalue weighted by Crippen LogP contribution is -2.22. The molecule has 0 saturated carbocycles. The van der Waals surface area contributed by atoms with E-state index in [2.05, 4.69) is 6.92 Å². The first-order chi connectivity index (χ1) is 20.7. The SMILES string of the molecule is CCCCCCCCCCCCCCCCCCCCCCCCCCCCCCC1CCCCCCC(=O)OC1=O. The topological polar surface area (TPSA) is 43.4 Å². The molecule has 1 aliphatic heterocycles. The van der Waals surface area contributed by atoms with E-state index in [1.165, 1.54) is 173 Å². The molecule has 0 radical (unpaired) electrons. The van der Waals surface area contributed by atoms with Crippen LogP contribution in [0.15, 0.2) is 0 Å². The Kier molecular flexibility index (Phi) is 29.4. The molecule has 1 saturated heterocycles. The highest BCUT2D eigenvalue weighted by atomic mass is 16.6. The molecule has 0 aliphatic carbocycles. The summed E-state index contributed by atoms with van der Waals surface area (Å²) in [5, 5.41) is 0. The van der Waals surface area contributed by atoms with Gasteiger partial charge in [-0.05, 0) is 19.3 Å². The number of carbonyl (C=O) groups is 2. The first kappa shape index (κ1) is 39.2. The van der Waals surface area contributed by atoms with Crippen molar-refractivity contribution in [2.75, 3.05) is 0 Å². The summed E-state index contributed by atoms with van der Waals surface area (Å²) in [7, 11) is 0. The average molecular weight is 591 g/mol. The van der Waals surface area contributed by atoms with E-state index in [4.69, 9.17) is 4.74 Å². The third kappa shape index (κ3) is 26.7. The van der Waals surface area contributed by atoms with Crippen molar-refractivity contribution in [1.82, 2.24) is 0 Å². The van der Waals surface area contributed by atoms with Gasteiger partial charge in [0.25, 0.3) is 0 Å². The molecule has 248 valence electrons. The van der Waals surface area contributed by atoms with Crippen molar-refractivity contribution in [1.29, 1.82) is 0 Å². The lowest BCUT2D eigenvalue weighted by molar-refractivity contribution is -0.163. The van der Waals surface area contributed by atoms with Crippen LogP contribution in [0.4, 0.5) is 0 Å². The maximum Gasteiger partial charge on any atom is 0.316 e. The third-order valence-corrected chi connectivity index (χ3v) is 9.64. The summed E-state index contributed by atoms with van der Waals surface area (Å²) in [6, 6.07) is 0. The average Bonchev–Trinajstić information content (AvgIpc) is 2.98. The van der Waals surface area contributed by atoms with Crippen molar-refractivity contribution < 1.29 is 14.3 Å². The van der Waals surface area contributed by atoms with Gasteiger partial charge >= 0.3 is 11.9 Å². The number of rotatable bonds is 29. The molecule has 0 N–H and O–H groups in total. The molecule has 3 nitrogen and oxygen atoms in total. The maximum atomic E-state index is 12.3. The minimum absolute atomic E-state index is 0.0592. The molecule has 1 atom stereocenters. The molecule has 0 aromatic heterocycles. The smallest absolute Gasteiger partial charge is 0.316 e. The lowest BCUT2D eigenvalue weighted by Gasteiger charge is -2.16. The Morgan fingerprint density at radius 1 is 0.452 bits per heavy atom. The number of unbranched alkanes of at least 4 members (excludes halogenated alkanes) is 27. The molecule has 1 rings (SSSR count). The van der Waals surface area contributed by atoms with Crippen molar-refractivity contribution in [2.24, 2.45) is 5.92 Å². The molecule has 0 amide bonds. The summed E-state index contributed by atoms with van der Waals surface area (Å²) in [5.74, 6) is -0.634. The highest BCUT2D eigenvalue weighted by Gasteiger charge is 2.23. The standard InChI is InChI=1S/C39H74O3/c1-2-3-4-5-6-7-8-9-10-11-12-13-14-15-16-17-18-19-20-21-22-23-24-25-26-27-28-31-34-37-35-32-29-30-33-36-38(40)42-39(37)41/h37H,2-36H2,1H3. The second-order valence-electron chi connectivity index (χ2n) is 13.8. The van der Waals surface area contributed by atoms with Gasteiger partial charge in [0.15, 0.2) is 0 Å². The van der Waals surface area contributed by atoms with Gasteiger partial charge in [0.1, 0.15) is 0 Å². The van der Waals surface area contributed by atoms with Crippen LogP contribution >= 0.6 is 0 Å². The van der Waals surface area contributed by atoms with E-state index in [-0.39, 0.29) is 17.9 Å². The Balaban J connectivity index is 1.73. The number of hydrogen-bond acceptors (Lipinski definition) is 3. The van der Waals surface area contributed by atoms with Gasteiger partial charge in [-0.15, -0.1) is 0 Å². The largest absolute Gasteiger partial charge is 0.393 e. The molecule has 0 aromatic carbocycles. The molecule has 0 spiro atoms. The Morgan fingerprint density at radius 2 is 0.786 bits per heavy atom.